The normalized spacial score (nSPS) is 9.07. The van der Waals surface area contributed by atoms with E-state index in [9.17, 15) is 4.79 Å². The second-order valence-electron chi connectivity index (χ2n) is 2.79. The Labute approximate surface area is 82.8 Å². The highest BCUT2D eigenvalue weighted by Crippen LogP contribution is 2.08. The summed E-state index contributed by atoms with van der Waals surface area (Å²) in [6.45, 7) is 0.421. The Morgan fingerprint density at radius 2 is 2.07 bits per heavy atom. The van der Waals surface area contributed by atoms with Crippen LogP contribution in [0.3, 0.4) is 0 Å². The molecule has 0 atom stereocenters. The van der Waals surface area contributed by atoms with Gasteiger partial charge in [-0.3, -0.25) is 4.79 Å². The van der Waals surface area contributed by atoms with E-state index in [1.54, 1.807) is 0 Å². The van der Waals surface area contributed by atoms with E-state index in [1.807, 2.05) is 24.3 Å². The molecule has 0 radical (unpaired) electrons. The molecule has 0 unspecified atom stereocenters. The van der Waals surface area contributed by atoms with E-state index in [1.165, 1.54) is 0 Å². The van der Waals surface area contributed by atoms with Crippen molar-refractivity contribution in [1.82, 2.24) is 0 Å². The maximum atomic E-state index is 10.2. The topological polar surface area (TPSA) is 49.3 Å². The van der Waals surface area contributed by atoms with Crippen molar-refractivity contribution in [3.63, 3.8) is 0 Å². The number of rotatable bonds is 4. The highest BCUT2D eigenvalue weighted by molar-refractivity contribution is 5.67. The van der Waals surface area contributed by atoms with Gasteiger partial charge in [-0.15, -0.1) is 6.42 Å². The minimum absolute atomic E-state index is 0.108. The molecule has 0 aliphatic heterocycles. The van der Waals surface area contributed by atoms with Gasteiger partial charge in [0.15, 0.2) is 0 Å². The van der Waals surface area contributed by atoms with Crippen LogP contribution in [-0.2, 0) is 4.79 Å². The average molecular weight is 189 g/mol. The third-order valence-corrected chi connectivity index (χ3v) is 1.72. The van der Waals surface area contributed by atoms with Crippen LogP contribution >= 0.6 is 0 Å². The summed E-state index contributed by atoms with van der Waals surface area (Å²) in [6, 6.07) is 7.28. The molecule has 0 amide bonds. The molecule has 1 aromatic carbocycles. The zero-order valence-electron chi connectivity index (χ0n) is 7.66. The maximum absolute atomic E-state index is 10.2. The smallest absolute Gasteiger partial charge is 0.305 e. The fourth-order valence-corrected chi connectivity index (χ4v) is 0.998. The summed E-state index contributed by atoms with van der Waals surface area (Å²) in [6.07, 6.45) is 5.30. The summed E-state index contributed by atoms with van der Waals surface area (Å²) in [4.78, 5) is 10.2. The summed E-state index contributed by atoms with van der Waals surface area (Å²) in [5.74, 6) is 1.70. The van der Waals surface area contributed by atoms with Crippen molar-refractivity contribution in [2.75, 3.05) is 11.9 Å². The lowest BCUT2D eigenvalue weighted by molar-refractivity contribution is -0.136. The highest BCUT2D eigenvalue weighted by Gasteiger charge is 1.96. The summed E-state index contributed by atoms with van der Waals surface area (Å²) in [7, 11) is 0. The minimum Gasteiger partial charge on any atom is -0.481 e. The standard InChI is InChI=1S/C11H11NO2/c1-2-9-3-5-10(6-4-9)12-8-7-11(13)14/h1,3-6,12H,7-8H2,(H,13,14). The van der Waals surface area contributed by atoms with E-state index in [4.69, 9.17) is 11.5 Å². The molecule has 0 saturated carbocycles. The van der Waals surface area contributed by atoms with E-state index in [2.05, 4.69) is 11.2 Å². The summed E-state index contributed by atoms with van der Waals surface area (Å²) >= 11 is 0. The number of carboxylic acids is 1. The molecule has 0 heterocycles. The van der Waals surface area contributed by atoms with Gasteiger partial charge in [-0.25, -0.2) is 0 Å². The first-order valence-corrected chi connectivity index (χ1v) is 4.24. The van der Waals surface area contributed by atoms with Crippen LogP contribution in [0.2, 0.25) is 0 Å². The predicted molar refractivity (Wildman–Crippen MR) is 55.1 cm³/mol. The van der Waals surface area contributed by atoms with Gasteiger partial charge in [0.05, 0.1) is 6.42 Å². The maximum Gasteiger partial charge on any atom is 0.305 e. The number of hydrogen-bond donors (Lipinski definition) is 2. The molecule has 14 heavy (non-hydrogen) atoms. The Kier molecular flexibility index (Phi) is 3.57. The van der Waals surface area contributed by atoms with E-state index in [0.717, 1.165) is 11.3 Å². The molecule has 0 saturated heterocycles. The molecule has 1 aromatic rings. The van der Waals surface area contributed by atoms with Crippen molar-refractivity contribution in [3.8, 4) is 12.3 Å². The van der Waals surface area contributed by atoms with E-state index in [-0.39, 0.29) is 6.42 Å². The first-order valence-electron chi connectivity index (χ1n) is 4.24. The van der Waals surface area contributed by atoms with Crippen LogP contribution in [0.4, 0.5) is 5.69 Å². The van der Waals surface area contributed by atoms with Gasteiger partial charge < -0.3 is 10.4 Å². The highest BCUT2D eigenvalue weighted by atomic mass is 16.4. The molecule has 1 rings (SSSR count). The zero-order chi connectivity index (χ0) is 10.4. The van der Waals surface area contributed by atoms with E-state index in [0.29, 0.717) is 6.54 Å². The lowest BCUT2D eigenvalue weighted by atomic mass is 10.2. The molecular weight excluding hydrogens is 178 g/mol. The third kappa shape index (κ3) is 3.20. The van der Waals surface area contributed by atoms with Gasteiger partial charge in [0.2, 0.25) is 0 Å². The van der Waals surface area contributed by atoms with Crippen LogP contribution in [0, 0.1) is 12.3 Å². The lowest BCUT2D eigenvalue weighted by Crippen LogP contribution is -2.07. The first kappa shape index (κ1) is 10.1. The second-order valence-corrected chi connectivity index (χ2v) is 2.79. The fourth-order valence-electron chi connectivity index (χ4n) is 0.998. The van der Waals surface area contributed by atoms with Crippen molar-refractivity contribution in [3.05, 3.63) is 29.8 Å². The molecule has 2 N–H and O–H groups in total. The number of aliphatic carboxylic acids is 1. The van der Waals surface area contributed by atoms with Crippen LogP contribution in [0.1, 0.15) is 12.0 Å². The molecule has 0 aliphatic carbocycles. The van der Waals surface area contributed by atoms with Crippen molar-refractivity contribution in [1.29, 1.82) is 0 Å². The van der Waals surface area contributed by atoms with Crippen molar-refractivity contribution >= 4 is 11.7 Å². The Balaban J connectivity index is 2.45. The quantitative estimate of drug-likeness (QED) is 0.706. The molecule has 3 heteroatoms. The Morgan fingerprint density at radius 3 is 2.57 bits per heavy atom. The number of carboxylic acid groups (broad SMARTS) is 1. The molecular formula is C11H11NO2. The Morgan fingerprint density at radius 1 is 1.43 bits per heavy atom. The average Bonchev–Trinajstić information content (AvgIpc) is 2.18. The summed E-state index contributed by atoms with van der Waals surface area (Å²) in [5, 5.41) is 11.4. The SMILES string of the molecule is C#Cc1ccc(NCCC(=O)O)cc1. The minimum atomic E-state index is -0.808. The number of terminal acetylenes is 1. The number of carbonyl (C=O) groups is 1. The number of benzene rings is 1. The molecule has 0 aliphatic rings. The number of hydrogen-bond acceptors (Lipinski definition) is 2. The molecule has 0 spiro atoms. The third-order valence-electron chi connectivity index (χ3n) is 1.72. The number of nitrogens with one attached hydrogen (secondary N) is 1. The molecule has 3 nitrogen and oxygen atoms in total. The van der Waals surface area contributed by atoms with Crippen LogP contribution in [0.25, 0.3) is 0 Å². The van der Waals surface area contributed by atoms with Crippen LogP contribution < -0.4 is 5.32 Å². The van der Waals surface area contributed by atoms with Crippen LogP contribution in [-0.4, -0.2) is 17.6 Å². The predicted octanol–water partition coefficient (Wildman–Crippen LogP) is 1.55. The van der Waals surface area contributed by atoms with Gasteiger partial charge in [0, 0.05) is 17.8 Å². The number of anilines is 1. The Hall–Kier alpha value is -1.95. The molecule has 72 valence electrons. The van der Waals surface area contributed by atoms with Crippen molar-refractivity contribution < 1.29 is 9.90 Å². The van der Waals surface area contributed by atoms with Gasteiger partial charge in [-0.1, -0.05) is 5.92 Å². The van der Waals surface area contributed by atoms with Crippen molar-refractivity contribution in [2.24, 2.45) is 0 Å². The Bertz CT molecular complexity index is 349. The fraction of sp³-hybridized carbons (Fsp3) is 0.182. The van der Waals surface area contributed by atoms with Gasteiger partial charge in [-0.2, -0.15) is 0 Å². The van der Waals surface area contributed by atoms with E-state index >= 15 is 0 Å². The van der Waals surface area contributed by atoms with Crippen molar-refractivity contribution in [2.45, 2.75) is 6.42 Å². The molecule has 0 aromatic heterocycles. The second kappa shape index (κ2) is 4.93. The summed E-state index contributed by atoms with van der Waals surface area (Å²) < 4.78 is 0. The van der Waals surface area contributed by atoms with E-state index < -0.39 is 5.97 Å². The zero-order valence-corrected chi connectivity index (χ0v) is 7.66. The van der Waals surface area contributed by atoms with Gasteiger partial charge in [0.1, 0.15) is 0 Å². The van der Waals surface area contributed by atoms with Gasteiger partial charge in [-0.05, 0) is 24.3 Å². The largest absolute Gasteiger partial charge is 0.481 e. The van der Waals surface area contributed by atoms with Gasteiger partial charge in [0.25, 0.3) is 0 Å². The molecule has 0 bridgehead atoms. The van der Waals surface area contributed by atoms with Crippen LogP contribution in [0.5, 0.6) is 0 Å². The monoisotopic (exact) mass is 189 g/mol. The van der Waals surface area contributed by atoms with Crippen LogP contribution in [0.15, 0.2) is 24.3 Å². The first-order chi connectivity index (χ1) is 6.72. The molecule has 0 fully saturated rings. The summed E-state index contributed by atoms with van der Waals surface area (Å²) in [5.41, 5.74) is 1.69. The lowest BCUT2D eigenvalue weighted by Gasteiger charge is -2.03. The van der Waals surface area contributed by atoms with Gasteiger partial charge >= 0.3 is 5.97 Å².